The van der Waals surface area contributed by atoms with Gasteiger partial charge in [-0.3, -0.25) is 0 Å². The van der Waals surface area contributed by atoms with Crippen molar-refractivity contribution in [2.45, 2.75) is 38.5 Å². The zero-order chi connectivity index (χ0) is 38.6. The van der Waals surface area contributed by atoms with Gasteiger partial charge in [-0.1, -0.05) is 140 Å². The maximum absolute atomic E-state index is 2.60. The van der Waals surface area contributed by atoms with Crippen LogP contribution in [0, 0.1) is 0 Å². The highest BCUT2D eigenvalue weighted by atomic mass is 15.0. The minimum absolute atomic E-state index is 1.04. The molecule has 1 heteroatoms. The zero-order valence-corrected chi connectivity index (χ0v) is 32.9. The van der Waals surface area contributed by atoms with Gasteiger partial charge in [0.15, 0.2) is 0 Å². The molecule has 1 aromatic heterocycles. The summed E-state index contributed by atoms with van der Waals surface area (Å²) in [5, 5.41) is 15.9. The third-order valence-electron chi connectivity index (χ3n) is 13.7. The summed E-state index contributed by atoms with van der Waals surface area (Å²) in [4.78, 5) is 0. The van der Waals surface area contributed by atoms with Crippen LogP contribution in [-0.2, 0) is 6.42 Å². The number of rotatable bonds is 4. The quantitative estimate of drug-likeness (QED) is 0.158. The third kappa shape index (κ3) is 4.85. The average molecular weight is 752 g/mol. The van der Waals surface area contributed by atoms with Crippen molar-refractivity contribution in [3.8, 4) is 27.9 Å². The van der Waals surface area contributed by atoms with Gasteiger partial charge in [-0.15, -0.1) is 0 Å². The second kappa shape index (κ2) is 12.8. The molecule has 13 rings (SSSR count). The summed E-state index contributed by atoms with van der Waals surface area (Å²) >= 11 is 0. The molecule has 0 radical (unpaired) electrons. The van der Waals surface area contributed by atoms with E-state index in [-0.39, 0.29) is 0 Å². The lowest BCUT2D eigenvalue weighted by atomic mass is 9.81. The van der Waals surface area contributed by atoms with Crippen molar-refractivity contribution in [1.82, 2.24) is 4.57 Å². The number of benzene rings is 10. The largest absolute Gasteiger partial charge is 0.309 e. The highest BCUT2D eigenvalue weighted by molar-refractivity contribution is 6.39. The van der Waals surface area contributed by atoms with Gasteiger partial charge in [-0.05, 0) is 163 Å². The SMILES string of the molecule is C1=Cc2c(c(-c3cc4cccc5c4c4c3cccc4c3c5c4ccccc4n3-c3cc(C4=CCCCC4)cc(-c4ccccc4)c3)cc3c2ccc2ccccc23)CC1. The minimum Gasteiger partial charge on any atom is -0.309 e. The summed E-state index contributed by atoms with van der Waals surface area (Å²) < 4.78 is 2.60. The van der Waals surface area contributed by atoms with Crippen molar-refractivity contribution in [2.24, 2.45) is 0 Å². The van der Waals surface area contributed by atoms with Crippen LogP contribution >= 0.6 is 0 Å². The van der Waals surface area contributed by atoms with Gasteiger partial charge < -0.3 is 4.57 Å². The van der Waals surface area contributed by atoms with Crippen molar-refractivity contribution < 1.29 is 0 Å². The van der Waals surface area contributed by atoms with E-state index in [1.807, 2.05) is 0 Å². The summed E-state index contributed by atoms with van der Waals surface area (Å²) in [5.74, 6) is 0. The first-order valence-corrected chi connectivity index (χ1v) is 21.5. The van der Waals surface area contributed by atoms with Crippen LogP contribution in [0.15, 0.2) is 170 Å². The fourth-order valence-corrected chi connectivity index (χ4v) is 11.1. The molecule has 0 spiro atoms. The molecule has 0 bridgehead atoms. The van der Waals surface area contributed by atoms with Crippen LogP contribution in [0.3, 0.4) is 0 Å². The first-order valence-electron chi connectivity index (χ1n) is 21.5. The molecule has 0 atom stereocenters. The van der Waals surface area contributed by atoms with E-state index in [1.165, 1.54) is 139 Å². The van der Waals surface area contributed by atoms with Gasteiger partial charge in [0.05, 0.1) is 11.0 Å². The lowest BCUT2D eigenvalue weighted by Gasteiger charge is -2.23. The van der Waals surface area contributed by atoms with Gasteiger partial charge in [0.2, 0.25) is 0 Å². The number of nitrogens with zero attached hydrogens (tertiary/aromatic N) is 1. The summed E-state index contributed by atoms with van der Waals surface area (Å²) in [5.41, 5.74) is 14.6. The Balaban J connectivity index is 1.17. The van der Waals surface area contributed by atoms with Gasteiger partial charge in [-0.25, -0.2) is 0 Å². The summed E-state index contributed by atoms with van der Waals surface area (Å²) in [6.45, 7) is 0. The molecule has 2 aliphatic carbocycles. The summed E-state index contributed by atoms with van der Waals surface area (Å²) in [6, 6.07) is 60.1. The van der Waals surface area contributed by atoms with E-state index in [1.54, 1.807) is 0 Å². The van der Waals surface area contributed by atoms with E-state index >= 15 is 0 Å². The van der Waals surface area contributed by atoms with Crippen LogP contribution in [0.1, 0.15) is 48.8 Å². The number of hydrogen-bond acceptors (Lipinski definition) is 0. The Morgan fingerprint density at radius 1 is 0.424 bits per heavy atom. The van der Waals surface area contributed by atoms with Crippen molar-refractivity contribution in [2.75, 3.05) is 0 Å². The predicted octanol–water partition coefficient (Wildman–Crippen LogP) is 16.2. The molecular weight excluding hydrogens is 711 g/mol. The Kier molecular flexibility index (Phi) is 7.15. The highest BCUT2D eigenvalue weighted by Crippen LogP contribution is 2.50. The van der Waals surface area contributed by atoms with E-state index in [9.17, 15) is 0 Å². The van der Waals surface area contributed by atoms with E-state index in [0.29, 0.717) is 0 Å². The van der Waals surface area contributed by atoms with Crippen molar-refractivity contribution >= 4 is 87.3 Å². The van der Waals surface area contributed by atoms with Crippen LogP contribution in [-0.4, -0.2) is 4.57 Å². The molecule has 278 valence electrons. The Bertz CT molecular complexity index is 3590. The molecule has 10 aromatic carbocycles. The van der Waals surface area contributed by atoms with Crippen molar-refractivity contribution in [1.29, 1.82) is 0 Å². The fourth-order valence-electron chi connectivity index (χ4n) is 11.1. The average Bonchev–Trinajstić information content (AvgIpc) is 3.67. The Hall–Kier alpha value is -6.96. The smallest absolute Gasteiger partial charge is 0.0626 e. The zero-order valence-electron chi connectivity index (χ0n) is 32.9. The Morgan fingerprint density at radius 2 is 1.20 bits per heavy atom. The van der Waals surface area contributed by atoms with Crippen LogP contribution < -0.4 is 0 Å². The molecule has 0 saturated heterocycles. The molecule has 0 aliphatic heterocycles. The van der Waals surface area contributed by atoms with E-state index in [4.69, 9.17) is 0 Å². The van der Waals surface area contributed by atoms with Crippen LogP contribution in [0.4, 0.5) is 0 Å². The number of fused-ring (bicyclic) bond motifs is 10. The van der Waals surface area contributed by atoms with E-state index in [0.717, 1.165) is 25.7 Å². The van der Waals surface area contributed by atoms with Crippen molar-refractivity contribution in [3.05, 3.63) is 187 Å². The minimum atomic E-state index is 1.04. The van der Waals surface area contributed by atoms with Gasteiger partial charge in [0.1, 0.15) is 0 Å². The standard InChI is InChI=1S/C58H41N/c1-3-15-36(16-4-1)40-31-41(37-17-5-2-6-18-37)33-42(32-40)59-54-28-12-11-24-48(54)57-49-26-13-20-39-34-51(47-25-14-27-50(58(57)59)56(47)55(39)49)53-35-52-43-21-8-7-19-38(43)29-30-46(52)44-22-9-10-23-45(44)53/h1,3-4,7-9,11-17,19-22,24-35H,2,5-6,10,18,23H2. The lowest BCUT2D eigenvalue weighted by Crippen LogP contribution is -2.01. The van der Waals surface area contributed by atoms with Crippen LogP contribution in [0.25, 0.3) is 115 Å². The number of aromatic nitrogens is 1. The Labute approximate surface area is 343 Å². The molecule has 0 N–H and O–H groups in total. The normalized spacial score (nSPS) is 14.4. The van der Waals surface area contributed by atoms with E-state index in [2.05, 4.69) is 181 Å². The van der Waals surface area contributed by atoms with Gasteiger partial charge in [0, 0.05) is 27.2 Å². The third-order valence-corrected chi connectivity index (χ3v) is 13.7. The topological polar surface area (TPSA) is 4.93 Å². The fraction of sp³-hybridized carbons (Fsp3) is 0.103. The molecule has 59 heavy (non-hydrogen) atoms. The van der Waals surface area contributed by atoms with Gasteiger partial charge in [0.25, 0.3) is 0 Å². The van der Waals surface area contributed by atoms with Crippen LogP contribution in [0.2, 0.25) is 0 Å². The van der Waals surface area contributed by atoms with Crippen LogP contribution in [0.5, 0.6) is 0 Å². The van der Waals surface area contributed by atoms with Gasteiger partial charge in [-0.2, -0.15) is 0 Å². The molecule has 2 aliphatic rings. The molecule has 0 fully saturated rings. The molecule has 0 saturated carbocycles. The molecule has 0 amide bonds. The monoisotopic (exact) mass is 751 g/mol. The molecule has 0 unspecified atom stereocenters. The van der Waals surface area contributed by atoms with Gasteiger partial charge >= 0.3 is 0 Å². The first kappa shape index (κ1) is 33.1. The Morgan fingerprint density at radius 3 is 2.12 bits per heavy atom. The number of allylic oxidation sites excluding steroid dienone is 3. The predicted molar refractivity (Wildman–Crippen MR) is 254 cm³/mol. The summed E-state index contributed by atoms with van der Waals surface area (Å²) in [7, 11) is 0. The molecule has 1 heterocycles. The van der Waals surface area contributed by atoms with Crippen molar-refractivity contribution in [3.63, 3.8) is 0 Å². The maximum atomic E-state index is 2.60. The molecule has 11 aromatic rings. The lowest BCUT2D eigenvalue weighted by molar-refractivity contribution is 0.742. The second-order valence-corrected chi connectivity index (χ2v) is 16.9. The number of hydrogen-bond donors (Lipinski definition) is 0. The first-order chi connectivity index (χ1) is 29.3. The highest BCUT2D eigenvalue weighted by Gasteiger charge is 2.25. The number of para-hydroxylation sites is 1. The maximum Gasteiger partial charge on any atom is 0.0626 e. The second-order valence-electron chi connectivity index (χ2n) is 16.9. The summed E-state index contributed by atoms with van der Waals surface area (Å²) in [6.07, 6.45) is 14.1. The van der Waals surface area contributed by atoms with E-state index < -0.39 is 0 Å². The molecular formula is C58H41N. The molecule has 1 nitrogen and oxygen atoms in total.